The first-order chi connectivity index (χ1) is 10.1. The number of hydrogen-bond acceptors (Lipinski definition) is 5. The lowest BCUT2D eigenvalue weighted by Gasteiger charge is -2.29. The van der Waals surface area contributed by atoms with E-state index in [-0.39, 0.29) is 23.4 Å². The molecule has 0 bridgehead atoms. The molecule has 0 radical (unpaired) electrons. The quantitative estimate of drug-likeness (QED) is 0.502. The largest absolute Gasteiger partial charge is 0.460 e. The monoisotopic (exact) mass is 404 g/mol. The van der Waals surface area contributed by atoms with Gasteiger partial charge in [-0.1, -0.05) is 0 Å². The predicted molar refractivity (Wildman–Crippen MR) is 82.7 cm³/mol. The molecular weight excluding hydrogens is 387 g/mol. The van der Waals surface area contributed by atoms with E-state index in [1.807, 2.05) is 22.6 Å². The Balaban J connectivity index is 1.56. The molecule has 3 heterocycles. The summed E-state index contributed by atoms with van der Waals surface area (Å²) in [6.07, 6.45) is 3.58. The third kappa shape index (κ3) is 2.91. The van der Waals surface area contributed by atoms with Gasteiger partial charge >= 0.3 is 5.97 Å². The molecule has 1 spiro atoms. The second-order valence-electron chi connectivity index (χ2n) is 5.57. The van der Waals surface area contributed by atoms with Gasteiger partial charge in [-0.3, -0.25) is 14.7 Å². The Kier molecular flexibility index (Phi) is 4.16. The number of carbonyl (C=O) groups is 2. The third-order valence-electron chi connectivity index (χ3n) is 4.21. The van der Waals surface area contributed by atoms with E-state index in [0.29, 0.717) is 22.2 Å². The van der Waals surface area contributed by atoms with Gasteiger partial charge in [-0.05, 0) is 48.5 Å². The van der Waals surface area contributed by atoms with Gasteiger partial charge in [0.1, 0.15) is 9.80 Å². The van der Waals surface area contributed by atoms with Crippen LogP contribution >= 0.6 is 22.6 Å². The third-order valence-corrected chi connectivity index (χ3v) is 5.04. The van der Waals surface area contributed by atoms with Crippen molar-refractivity contribution in [1.82, 2.24) is 20.8 Å². The number of carbonyl (C=O) groups excluding carboxylic acids is 2. The van der Waals surface area contributed by atoms with Crippen LogP contribution < -0.4 is 10.6 Å². The number of piperidine rings is 1. The van der Waals surface area contributed by atoms with E-state index in [1.54, 1.807) is 0 Å². The SMILES string of the molecule is O=C(NCC1CC2(CCNCC2)C(=O)O1)c1cn[nH]c1I. The van der Waals surface area contributed by atoms with E-state index in [4.69, 9.17) is 4.74 Å². The van der Waals surface area contributed by atoms with Gasteiger partial charge in [0.2, 0.25) is 0 Å². The van der Waals surface area contributed by atoms with E-state index in [9.17, 15) is 9.59 Å². The predicted octanol–water partition coefficient (Wildman–Crippen LogP) is 0.429. The number of aromatic nitrogens is 2. The Morgan fingerprint density at radius 1 is 1.52 bits per heavy atom. The zero-order chi connectivity index (χ0) is 14.9. The maximum absolute atomic E-state index is 12.1. The van der Waals surface area contributed by atoms with E-state index in [0.717, 1.165) is 25.9 Å². The molecule has 0 aliphatic carbocycles. The molecule has 1 unspecified atom stereocenters. The summed E-state index contributed by atoms with van der Waals surface area (Å²) in [6, 6.07) is 0. The van der Waals surface area contributed by atoms with Gasteiger partial charge in [0.15, 0.2) is 0 Å². The molecule has 1 atom stereocenters. The molecule has 114 valence electrons. The summed E-state index contributed by atoms with van der Waals surface area (Å²) in [5.74, 6) is -0.309. The minimum Gasteiger partial charge on any atom is -0.460 e. The molecule has 2 aliphatic rings. The van der Waals surface area contributed by atoms with Crippen LogP contribution in [0, 0.1) is 9.12 Å². The molecule has 2 aliphatic heterocycles. The van der Waals surface area contributed by atoms with E-state index in [1.165, 1.54) is 6.20 Å². The summed E-state index contributed by atoms with van der Waals surface area (Å²) < 4.78 is 6.14. The lowest BCUT2D eigenvalue weighted by atomic mass is 9.76. The van der Waals surface area contributed by atoms with E-state index < -0.39 is 0 Å². The number of esters is 1. The lowest BCUT2D eigenvalue weighted by Crippen LogP contribution is -2.39. The zero-order valence-electron chi connectivity index (χ0n) is 11.4. The Morgan fingerprint density at radius 2 is 2.29 bits per heavy atom. The molecule has 8 heteroatoms. The summed E-state index contributed by atoms with van der Waals surface area (Å²) in [4.78, 5) is 24.1. The van der Waals surface area contributed by atoms with Crippen molar-refractivity contribution in [1.29, 1.82) is 0 Å². The van der Waals surface area contributed by atoms with E-state index in [2.05, 4.69) is 20.8 Å². The smallest absolute Gasteiger partial charge is 0.312 e. The van der Waals surface area contributed by atoms with Crippen molar-refractivity contribution in [2.24, 2.45) is 5.41 Å². The van der Waals surface area contributed by atoms with Gasteiger partial charge in [0.05, 0.1) is 23.7 Å². The molecule has 1 amide bonds. The van der Waals surface area contributed by atoms with Crippen LogP contribution in [-0.4, -0.2) is 47.8 Å². The van der Waals surface area contributed by atoms with Crippen molar-refractivity contribution in [3.05, 3.63) is 15.5 Å². The average Bonchev–Trinajstić information content (AvgIpc) is 3.02. The van der Waals surface area contributed by atoms with Crippen molar-refractivity contribution < 1.29 is 14.3 Å². The standard InChI is InChI=1S/C13H17IN4O3/c14-10-9(7-17-18-10)11(19)16-6-8-5-13(12(20)21-8)1-3-15-4-2-13/h7-8,15H,1-6H2,(H,16,19)(H,17,18). The molecular formula is C13H17IN4O3. The molecule has 0 aromatic carbocycles. The molecule has 2 fully saturated rings. The zero-order valence-corrected chi connectivity index (χ0v) is 13.6. The van der Waals surface area contributed by atoms with Crippen molar-refractivity contribution in [3.63, 3.8) is 0 Å². The topological polar surface area (TPSA) is 96.1 Å². The maximum atomic E-state index is 12.1. The van der Waals surface area contributed by atoms with Crippen LogP contribution in [0.1, 0.15) is 29.6 Å². The van der Waals surface area contributed by atoms with Crippen LogP contribution in [0.2, 0.25) is 0 Å². The first kappa shape index (κ1) is 14.8. The number of cyclic esters (lactones) is 1. The van der Waals surface area contributed by atoms with Crippen molar-refractivity contribution in [2.45, 2.75) is 25.4 Å². The molecule has 0 saturated carbocycles. The summed E-state index contributed by atoms with van der Waals surface area (Å²) in [7, 11) is 0. The second kappa shape index (κ2) is 5.91. The number of rotatable bonds is 3. The second-order valence-corrected chi connectivity index (χ2v) is 6.65. The molecule has 2 saturated heterocycles. The fraction of sp³-hybridized carbons (Fsp3) is 0.615. The number of H-pyrrole nitrogens is 1. The number of hydrogen-bond donors (Lipinski definition) is 3. The number of aromatic amines is 1. The summed E-state index contributed by atoms with van der Waals surface area (Å²) in [6.45, 7) is 2.05. The normalized spacial score (nSPS) is 24.0. The first-order valence-electron chi connectivity index (χ1n) is 7.00. The van der Waals surface area contributed by atoms with Gasteiger partial charge in [-0.25, -0.2) is 0 Å². The van der Waals surface area contributed by atoms with Crippen molar-refractivity contribution >= 4 is 34.5 Å². The van der Waals surface area contributed by atoms with Crippen LogP contribution in [0.3, 0.4) is 0 Å². The summed E-state index contributed by atoms with van der Waals surface area (Å²) >= 11 is 2.02. The first-order valence-corrected chi connectivity index (χ1v) is 8.07. The Labute approximate surface area is 135 Å². The van der Waals surface area contributed by atoms with Crippen LogP contribution in [0.15, 0.2) is 6.20 Å². The highest BCUT2D eigenvalue weighted by Gasteiger charge is 2.49. The molecule has 7 nitrogen and oxygen atoms in total. The van der Waals surface area contributed by atoms with Crippen LogP contribution in [0.25, 0.3) is 0 Å². The van der Waals surface area contributed by atoms with Gasteiger partial charge < -0.3 is 15.4 Å². The number of amides is 1. The number of nitrogens with one attached hydrogen (secondary N) is 3. The minimum absolute atomic E-state index is 0.110. The fourth-order valence-corrected chi connectivity index (χ4v) is 3.52. The van der Waals surface area contributed by atoms with Crippen molar-refractivity contribution in [3.8, 4) is 0 Å². The molecule has 3 rings (SSSR count). The molecule has 1 aromatic rings. The highest BCUT2D eigenvalue weighted by Crippen LogP contribution is 2.41. The maximum Gasteiger partial charge on any atom is 0.312 e. The highest BCUT2D eigenvalue weighted by atomic mass is 127. The van der Waals surface area contributed by atoms with Crippen molar-refractivity contribution in [2.75, 3.05) is 19.6 Å². The van der Waals surface area contributed by atoms with E-state index >= 15 is 0 Å². The van der Waals surface area contributed by atoms with Crippen LogP contribution in [0.4, 0.5) is 0 Å². The summed E-state index contributed by atoms with van der Waals surface area (Å²) in [5, 5.41) is 12.6. The Bertz CT molecular complexity index is 553. The Hall–Kier alpha value is -1.16. The van der Waals surface area contributed by atoms with Crippen LogP contribution in [-0.2, 0) is 9.53 Å². The fourth-order valence-electron chi connectivity index (χ4n) is 3.00. The molecule has 3 N–H and O–H groups in total. The number of nitrogens with zero attached hydrogens (tertiary/aromatic N) is 1. The lowest BCUT2D eigenvalue weighted by molar-refractivity contribution is -0.149. The van der Waals surface area contributed by atoms with Gasteiger partial charge in [-0.2, -0.15) is 5.10 Å². The minimum atomic E-state index is -0.343. The molecule has 1 aromatic heterocycles. The van der Waals surface area contributed by atoms with Crippen LogP contribution in [0.5, 0.6) is 0 Å². The van der Waals surface area contributed by atoms with Gasteiger partial charge in [-0.15, -0.1) is 0 Å². The highest BCUT2D eigenvalue weighted by molar-refractivity contribution is 14.1. The van der Waals surface area contributed by atoms with Gasteiger partial charge in [0.25, 0.3) is 5.91 Å². The van der Waals surface area contributed by atoms with Gasteiger partial charge in [0, 0.05) is 6.42 Å². The Morgan fingerprint density at radius 3 is 2.95 bits per heavy atom. The summed E-state index contributed by atoms with van der Waals surface area (Å²) in [5.41, 5.74) is 0.168. The number of halogens is 1. The average molecular weight is 404 g/mol. The molecule has 21 heavy (non-hydrogen) atoms. The number of ether oxygens (including phenoxy) is 1.